The highest BCUT2D eigenvalue weighted by atomic mass is 32.2. The third-order valence-electron chi connectivity index (χ3n) is 8.09. The number of rotatable bonds is 6. The van der Waals surface area contributed by atoms with Crippen molar-refractivity contribution in [2.75, 3.05) is 50.0 Å². The van der Waals surface area contributed by atoms with E-state index in [2.05, 4.69) is 11.8 Å². The van der Waals surface area contributed by atoms with Crippen molar-refractivity contribution in [3.8, 4) is 0 Å². The molecule has 8 heteroatoms. The summed E-state index contributed by atoms with van der Waals surface area (Å²) in [6, 6.07) is 19.9. The Balaban J connectivity index is 1.27. The molecule has 0 atom stereocenters. The predicted molar refractivity (Wildman–Crippen MR) is 146 cm³/mol. The highest BCUT2D eigenvalue weighted by Gasteiger charge is 2.54. The van der Waals surface area contributed by atoms with Crippen LogP contribution in [-0.4, -0.2) is 83.1 Å². The maximum atomic E-state index is 13.9. The summed E-state index contributed by atoms with van der Waals surface area (Å²) < 4.78 is 0. The quantitative estimate of drug-likeness (QED) is 0.544. The molecule has 3 fully saturated rings. The SMILES string of the molecule is CC1CCN(C(=O)CN2CN(c3ccccc3)C3(CCN(C(=O)CSc4ccccc4)CC3)C2=O)CC1. The van der Waals surface area contributed by atoms with Gasteiger partial charge in [0.1, 0.15) is 12.1 Å². The van der Waals surface area contributed by atoms with Crippen LogP contribution < -0.4 is 4.90 Å². The second kappa shape index (κ2) is 11.2. The normalized spacial score (nSPS) is 20.1. The van der Waals surface area contributed by atoms with Gasteiger partial charge in [-0.25, -0.2) is 0 Å². The average Bonchev–Trinajstić information content (AvgIpc) is 3.19. The Bertz CT molecular complexity index is 1100. The molecule has 0 unspecified atom stereocenters. The lowest BCUT2D eigenvalue weighted by atomic mass is 9.85. The van der Waals surface area contributed by atoms with E-state index in [9.17, 15) is 14.4 Å². The van der Waals surface area contributed by atoms with Gasteiger partial charge in [-0.1, -0.05) is 43.3 Å². The van der Waals surface area contributed by atoms with Crippen molar-refractivity contribution < 1.29 is 14.4 Å². The lowest BCUT2D eigenvalue weighted by molar-refractivity contribution is -0.142. The smallest absolute Gasteiger partial charge is 0.250 e. The van der Waals surface area contributed by atoms with E-state index in [1.54, 1.807) is 16.7 Å². The second-order valence-electron chi connectivity index (χ2n) is 10.5. The number of carbonyl (C=O) groups is 3. The second-order valence-corrected chi connectivity index (χ2v) is 11.5. The predicted octanol–water partition coefficient (Wildman–Crippen LogP) is 3.70. The summed E-state index contributed by atoms with van der Waals surface area (Å²) in [6.07, 6.45) is 3.17. The van der Waals surface area contributed by atoms with E-state index >= 15 is 0 Å². The van der Waals surface area contributed by atoms with Gasteiger partial charge in [-0.2, -0.15) is 0 Å². The highest BCUT2D eigenvalue weighted by Crippen LogP contribution is 2.39. The van der Waals surface area contributed by atoms with Crippen LogP contribution in [0.15, 0.2) is 65.6 Å². The van der Waals surface area contributed by atoms with Crippen molar-refractivity contribution in [1.82, 2.24) is 14.7 Å². The van der Waals surface area contributed by atoms with Crippen LogP contribution in [0.25, 0.3) is 0 Å². The summed E-state index contributed by atoms with van der Waals surface area (Å²) in [5.74, 6) is 1.19. The Morgan fingerprint density at radius 2 is 1.46 bits per heavy atom. The number of nitrogens with zero attached hydrogens (tertiary/aromatic N) is 4. The van der Waals surface area contributed by atoms with E-state index in [1.807, 2.05) is 70.5 Å². The fraction of sp³-hybridized carbons (Fsp3) is 0.483. The third-order valence-corrected chi connectivity index (χ3v) is 9.09. The number of piperidine rings is 2. The third kappa shape index (κ3) is 5.49. The molecular weight excluding hydrogens is 484 g/mol. The number of anilines is 1. The molecule has 1 spiro atoms. The number of likely N-dealkylation sites (tertiary alicyclic amines) is 2. The van der Waals surface area contributed by atoms with Gasteiger partial charge < -0.3 is 19.6 Å². The molecule has 7 nitrogen and oxygen atoms in total. The summed E-state index contributed by atoms with van der Waals surface area (Å²) in [7, 11) is 0. The van der Waals surface area contributed by atoms with Crippen molar-refractivity contribution in [3.05, 3.63) is 60.7 Å². The molecule has 3 heterocycles. The minimum absolute atomic E-state index is 0.0147. The number of hydrogen-bond donors (Lipinski definition) is 0. The lowest BCUT2D eigenvalue weighted by Gasteiger charge is -2.43. The number of amides is 3. The maximum Gasteiger partial charge on any atom is 0.250 e. The molecule has 0 saturated carbocycles. The minimum Gasteiger partial charge on any atom is -0.342 e. The van der Waals surface area contributed by atoms with Crippen LogP contribution in [-0.2, 0) is 14.4 Å². The molecule has 3 aliphatic rings. The summed E-state index contributed by atoms with van der Waals surface area (Å²) >= 11 is 1.55. The van der Waals surface area contributed by atoms with Crippen molar-refractivity contribution in [2.24, 2.45) is 5.92 Å². The van der Waals surface area contributed by atoms with Crippen LogP contribution in [0.5, 0.6) is 0 Å². The number of para-hydroxylation sites is 1. The Morgan fingerprint density at radius 3 is 2.11 bits per heavy atom. The topological polar surface area (TPSA) is 64.2 Å². The first kappa shape index (κ1) is 25.6. The van der Waals surface area contributed by atoms with Gasteiger partial charge in [0.25, 0.3) is 5.91 Å². The van der Waals surface area contributed by atoms with E-state index < -0.39 is 5.54 Å². The number of benzene rings is 2. The number of hydrogen-bond acceptors (Lipinski definition) is 5. The average molecular weight is 521 g/mol. The van der Waals surface area contributed by atoms with Crippen molar-refractivity contribution in [3.63, 3.8) is 0 Å². The van der Waals surface area contributed by atoms with E-state index in [1.165, 1.54) is 0 Å². The van der Waals surface area contributed by atoms with Crippen LogP contribution in [0.3, 0.4) is 0 Å². The van der Waals surface area contributed by atoms with Gasteiger partial charge in [-0.3, -0.25) is 14.4 Å². The number of thioether (sulfide) groups is 1. The fourth-order valence-corrected chi connectivity index (χ4v) is 6.55. The van der Waals surface area contributed by atoms with Gasteiger partial charge in [0, 0.05) is 36.8 Å². The minimum atomic E-state index is -0.721. The zero-order chi connectivity index (χ0) is 25.8. The Morgan fingerprint density at radius 1 is 0.865 bits per heavy atom. The summed E-state index contributed by atoms with van der Waals surface area (Å²) in [5, 5.41) is 0. The molecule has 3 aliphatic heterocycles. The van der Waals surface area contributed by atoms with Crippen molar-refractivity contribution >= 4 is 35.2 Å². The molecule has 2 aromatic rings. The van der Waals surface area contributed by atoms with Gasteiger partial charge in [0.2, 0.25) is 11.8 Å². The van der Waals surface area contributed by atoms with Crippen molar-refractivity contribution in [2.45, 2.75) is 43.0 Å². The van der Waals surface area contributed by atoms with E-state index in [0.717, 1.165) is 36.5 Å². The summed E-state index contributed by atoms with van der Waals surface area (Å²) in [5.41, 5.74) is 0.263. The molecule has 0 N–H and O–H groups in total. The molecule has 37 heavy (non-hydrogen) atoms. The van der Waals surface area contributed by atoms with Gasteiger partial charge in [-0.05, 0) is 55.9 Å². The van der Waals surface area contributed by atoms with E-state index in [0.29, 0.717) is 44.3 Å². The first-order chi connectivity index (χ1) is 18.0. The molecule has 3 saturated heterocycles. The zero-order valence-corrected chi connectivity index (χ0v) is 22.4. The standard InChI is InChI=1S/C29H36N4O3S/c1-23-12-16-30(17-13-23)26(34)20-32-22-33(24-8-4-2-5-9-24)29(28(32)36)14-18-31(19-15-29)27(35)21-37-25-10-6-3-7-11-25/h2-11,23H,12-22H2,1H3. The van der Waals surface area contributed by atoms with E-state index in [4.69, 9.17) is 0 Å². The van der Waals surface area contributed by atoms with Crippen LogP contribution in [0.4, 0.5) is 5.69 Å². The largest absolute Gasteiger partial charge is 0.342 e. The zero-order valence-electron chi connectivity index (χ0n) is 21.6. The first-order valence-corrected chi connectivity index (χ1v) is 14.3. The van der Waals surface area contributed by atoms with E-state index in [-0.39, 0.29) is 24.3 Å². The molecular formula is C29H36N4O3S. The monoisotopic (exact) mass is 520 g/mol. The lowest BCUT2D eigenvalue weighted by Crippen LogP contribution is -2.57. The van der Waals surface area contributed by atoms with Crippen LogP contribution >= 0.6 is 11.8 Å². The van der Waals surface area contributed by atoms with Gasteiger partial charge in [0.05, 0.1) is 12.4 Å². The van der Waals surface area contributed by atoms with Crippen LogP contribution in [0, 0.1) is 5.92 Å². The highest BCUT2D eigenvalue weighted by molar-refractivity contribution is 8.00. The molecule has 196 valence electrons. The molecule has 2 aromatic carbocycles. The number of carbonyl (C=O) groups excluding carboxylic acids is 3. The maximum absolute atomic E-state index is 13.9. The molecule has 0 radical (unpaired) electrons. The van der Waals surface area contributed by atoms with Crippen LogP contribution in [0.2, 0.25) is 0 Å². The Kier molecular flexibility index (Phi) is 7.74. The molecule has 0 aliphatic carbocycles. The fourth-order valence-electron chi connectivity index (χ4n) is 5.72. The molecule has 0 aromatic heterocycles. The summed E-state index contributed by atoms with van der Waals surface area (Å²) in [6.45, 7) is 5.36. The van der Waals surface area contributed by atoms with Crippen molar-refractivity contribution in [1.29, 1.82) is 0 Å². The van der Waals surface area contributed by atoms with Gasteiger partial charge in [0.15, 0.2) is 0 Å². The molecule has 0 bridgehead atoms. The Labute approximate surface area is 223 Å². The summed E-state index contributed by atoms with van der Waals surface area (Å²) in [4.78, 5) is 48.8. The first-order valence-electron chi connectivity index (χ1n) is 13.3. The van der Waals surface area contributed by atoms with Crippen LogP contribution in [0.1, 0.15) is 32.6 Å². The van der Waals surface area contributed by atoms with Gasteiger partial charge >= 0.3 is 0 Å². The molecule has 5 rings (SSSR count). The Hall–Kier alpha value is -3.00. The van der Waals surface area contributed by atoms with Gasteiger partial charge in [-0.15, -0.1) is 11.8 Å². The molecule has 3 amide bonds.